The number of aryl methyl sites for hydroxylation is 1. The van der Waals surface area contributed by atoms with Gasteiger partial charge in [0.05, 0.1) is 19.0 Å². The van der Waals surface area contributed by atoms with Crippen LogP contribution in [0.3, 0.4) is 0 Å². The summed E-state index contributed by atoms with van der Waals surface area (Å²) in [7, 11) is 3.69. The molecule has 2 aromatic carbocycles. The molecule has 0 saturated carbocycles. The number of thiophene rings is 1. The zero-order valence-corrected chi connectivity index (χ0v) is 23.6. The van der Waals surface area contributed by atoms with Crippen LogP contribution in [0.4, 0.5) is 5.69 Å². The maximum absolute atomic E-state index is 13.1. The van der Waals surface area contributed by atoms with Gasteiger partial charge >= 0.3 is 0 Å². The first-order valence-corrected chi connectivity index (χ1v) is 13.6. The number of nitrogens with zero attached hydrogens (tertiary/aromatic N) is 3. The summed E-state index contributed by atoms with van der Waals surface area (Å²) < 4.78 is 5.15. The average molecular weight is 536 g/mol. The highest BCUT2D eigenvalue weighted by atomic mass is 32.1. The van der Waals surface area contributed by atoms with E-state index in [1.54, 1.807) is 19.4 Å². The van der Waals surface area contributed by atoms with Gasteiger partial charge in [0.15, 0.2) is 0 Å². The van der Waals surface area contributed by atoms with Crippen molar-refractivity contribution in [3.63, 3.8) is 0 Å². The van der Waals surface area contributed by atoms with Crippen LogP contribution in [-0.2, 0) is 6.54 Å². The fourth-order valence-electron chi connectivity index (χ4n) is 3.91. The van der Waals surface area contributed by atoms with Crippen LogP contribution < -0.4 is 15.5 Å². The predicted molar refractivity (Wildman–Crippen MR) is 156 cm³/mol. The lowest BCUT2D eigenvalue weighted by molar-refractivity contribution is 0.0960. The number of rotatable bonds is 13. The number of methoxy groups -OCH3 is 1. The van der Waals surface area contributed by atoms with Gasteiger partial charge in [-0.25, -0.2) is 5.43 Å². The van der Waals surface area contributed by atoms with E-state index >= 15 is 0 Å². The predicted octanol–water partition coefficient (Wildman–Crippen LogP) is 4.85. The summed E-state index contributed by atoms with van der Waals surface area (Å²) in [5, 5.41) is 8.84. The summed E-state index contributed by atoms with van der Waals surface area (Å²) in [6.45, 7) is 11.0. The molecule has 1 heterocycles. The fourth-order valence-corrected chi connectivity index (χ4v) is 4.81. The summed E-state index contributed by atoms with van der Waals surface area (Å²) in [4.78, 5) is 31.0. The molecule has 0 aliphatic rings. The molecule has 0 aliphatic carbocycles. The van der Waals surface area contributed by atoms with E-state index in [0.717, 1.165) is 55.2 Å². The van der Waals surface area contributed by atoms with Gasteiger partial charge in [0, 0.05) is 25.2 Å². The summed E-state index contributed by atoms with van der Waals surface area (Å²) >= 11 is 1.27. The zero-order valence-electron chi connectivity index (χ0n) is 22.8. The molecule has 3 aromatic rings. The van der Waals surface area contributed by atoms with Crippen molar-refractivity contribution in [2.24, 2.45) is 5.10 Å². The highest BCUT2D eigenvalue weighted by molar-refractivity contribution is 7.13. The molecule has 1 aromatic heterocycles. The van der Waals surface area contributed by atoms with Crippen molar-refractivity contribution in [2.45, 2.75) is 27.3 Å². The third-order valence-corrected chi connectivity index (χ3v) is 7.35. The van der Waals surface area contributed by atoms with Gasteiger partial charge in [-0.15, -0.1) is 11.3 Å². The second kappa shape index (κ2) is 14.4. The van der Waals surface area contributed by atoms with Gasteiger partial charge in [-0.05, 0) is 85.5 Å². The lowest BCUT2D eigenvalue weighted by Crippen LogP contribution is -2.32. The van der Waals surface area contributed by atoms with Crippen LogP contribution >= 0.6 is 11.3 Å². The smallest absolute Gasteiger partial charge is 0.283 e. The molecule has 8 nitrogen and oxygen atoms in total. The molecule has 0 bridgehead atoms. The first-order chi connectivity index (χ1) is 18.3. The molecule has 0 fully saturated rings. The van der Waals surface area contributed by atoms with Crippen molar-refractivity contribution in [1.29, 1.82) is 0 Å². The SMILES string of the molecule is CCN(CC)CCN(C)Cc1cccc(C(=O)Nc2c(C)csc2C(=O)N/N=C/c2ccc(OC)cc2)c1. The number of likely N-dealkylation sites (N-methyl/N-ethyl adjacent to an activating group) is 2. The van der Waals surface area contributed by atoms with Crippen LogP contribution in [0.5, 0.6) is 5.75 Å². The number of carbonyl (C=O) groups is 2. The van der Waals surface area contributed by atoms with E-state index in [2.05, 4.69) is 46.5 Å². The van der Waals surface area contributed by atoms with Crippen LogP contribution in [0.15, 0.2) is 59.0 Å². The van der Waals surface area contributed by atoms with Crippen LogP contribution in [0.25, 0.3) is 0 Å². The van der Waals surface area contributed by atoms with Crippen molar-refractivity contribution in [3.05, 3.63) is 81.0 Å². The van der Waals surface area contributed by atoms with Gasteiger partial charge in [0.2, 0.25) is 0 Å². The quantitative estimate of drug-likeness (QED) is 0.241. The Bertz CT molecular complexity index is 1240. The van der Waals surface area contributed by atoms with E-state index in [9.17, 15) is 9.59 Å². The van der Waals surface area contributed by atoms with Gasteiger partial charge < -0.3 is 19.9 Å². The number of benzene rings is 2. The third-order valence-electron chi connectivity index (χ3n) is 6.25. The number of carbonyl (C=O) groups excluding carboxylic acids is 2. The summed E-state index contributed by atoms with van der Waals surface area (Å²) in [6.07, 6.45) is 1.56. The standard InChI is InChI=1S/C29H37N5O3S/c1-6-34(7-2)16-15-33(4)19-23-9-8-10-24(17-23)28(35)31-26-21(3)20-38-27(26)29(36)32-30-18-22-11-13-25(37-5)14-12-22/h8-14,17-18,20H,6-7,15-16,19H2,1-5H3,(H,31,35)(H,32,36)/b30-18+. The Balaban J connectivity index is 1.62. The summed E-state index contributed by atoms with van der Waals surface area (Å²) in [6, 6.07) is 14.9. The van der Waals surface area contributed by atoms with Gasteiger partial charge in [0.1, 0.15) is 10.6 Å². The van der Waals surface area contributed by atoms with Gasteiger partial charge in [-0.3, -0.25) is 9.59 Å². The molecule has 0 saturated heterocycles. The number of amides is 2. The summed E-state index contributed by atoms with van der Waals surface area (Å²) in [5.74, 6) is 0.107. The Morgan fingerprint density at radius 3 is 2.47 bits per heavy atom. The number of ether oxygens (including phenoxy) is 1. The zero-order chi connectivity index (χ0) is 27.5. The maximum atomic E-state index is 13.1. The van der Waals surface area contributed by atoms with Crippen LogP contribution in [0.2, 0.25) is 0 Å². The minimum absolute atomic E-state index is 0.255. The Kier molecular flexibility index (Phi) is 11.0. The van der Waals surface area contributed by atoms with Crippen molar-refractivity contribution in [3.8, 4) is 5.75 Å². The molecule has 0 unspecified atom stereocenters. The van der Waals surface area contributed by atoms with Gasteiger partial charge in [-0.2, -0.15) is 5.10 Å². The van der Waals surface area contributed by atoms with E-state index in [4.69, 9.17) is 4.74 Å². The first-order valence-electron chi connectivity index (χ1n) is 12.7. The number of anilines is 1. The van der Waals surface area contributed by atoms with E-state index in [1.807, 2.05) is 54.8 Å². The number of hydrogen-bond donors (Lipinski definition) is 2. The average Bonchev–Trinajstić information content (AvgIpc) is 3.29. The third kappa shape index (κ3) is 8.24. The highest BCUT2D eigenvalue weighted by Crippen LogP contribution is 2.28. The Morgan fingerprint density at radius 1 is 1.05 bits per heavy atom. The topological polar surface area (TPSA) is 86.3 Å². The molecule has 202 valence electrons. The maximum Gasteiger partial charge on any atom is 0.283 e. The fraction of sp³-hybridized carbons (Fsp3) is 0.345. The molecule has 3 rings (SSSR count). The minimum atomic E-state index is -0.383. The normalized spacial score (nSPS) is 11.3. The van der Waals surface area contributed by atoms with E-state index < -0.39 is 0 Å². The number of hydrazone groups is 1. The number of hydrogen-bond acceptors (Lipinski definition) is 7. The van der Waals surface area contributed by atoms with Crippen LogP contribution in [-0.4, -0.2) is 68.2 Å². The minimum Gasteiger partial charge on any atom is -0.497 e. The monoisotopic (exact) mass is 535 g/mol. The van der Waals surface area contributed by atoms with E-state index in [0.29, 0.717) is 16.1 Å². The Morgan fingerprint density at radius 2 is 1.79 bits per heavy atom. The highest BCUT2D eigenvalue weighted by Gasteiger charge is 2.19. The number of nitrogens with one attached hydrogen (secondary N) is 2. The second-order valence-electron chi connectivity index (χ2n) is 9.01. The first kappa shape index (κ1) is 29.0. The van der Waals surface area contributed by atoms with Crippen molar-refractivity contribution < 1.29 is 14.3 Å². The van der Waals surface area contributed by atoms with Crippen molar-refractivity contribution >= 4 is 35.1 Å². The van der Waals surface area contributed by atoms with Gasteiger partial charge in [0.25, 0.3) is 11.8 Å². The molecule has 9 heteroatoms. The van der Waals surface area contributed by atoms with Crippen LogP contribution in [0.1, 0.15) is 50.6 Å². The largest absolute Gasteiger partial charge is 0.497 e. The Hall–Kier alpha value is -3.53. The van der Waals surface area contributed by atoms with E-state index in [-0.39, 0.29) is 11.8 Å². The second-order valence-corrected chi connectivity index (χ2v) is 9.89. The molecule has 2 amide bonds. The molecule has 0 aliphatic heterocycles. The Labute approximate surface area is 229 Å². The van der Waals surface area contributed by atoms with E-state index in [1.165, 1.54) is 11.3 Å². The molecule has 0 radical (unpaired) electrons. The molecular weight excluding hydrogens is 498 g/mol. The molecule has 0 spiro atoms. The van der Waals surface area contributed by atoms with Gasteiger partial charge in [-0.1, -0.05) is 26.0 Å². The molecular formula is C29H37N5O3S. The molecule has 2 N–H and O–H groups in total. The van der Waals surface area contributed by atoms with Crippen molar-refractivity contribution in [2.75, 3.05) is 45.7 Å². The lowest BCUT2D eigenvalue weighted by atomic mass is 10.1. The lowest BCUT2D eigenvalue weighted by Gasteiger charge is -2.23. The van der Waals surface area contributed by atoms with Crippen molar-refractivity contribution in [1.82, 2.24) is 15.2 Å². The van der Waals surface area contributed by atoms with Crippen LogP contribution in [0, 0.1) is 6.92 Å². The molecule has 38 heavy (non-hydrogen) atoms. The summed E-state index contributed by atoms with van der Waals surface area (Å²) in [5.41, 5.74) is 6.30. The molecule has 0 atom stereocenters.